The summed E-state index contributed by atoms with van der Waals surface area (Å²) in [6, 6.07) is 6.75. The maximum atomic E-state index is 13.6. The highest BCUT2D eigenvalue weighted by molar-refractivity contribution is 5.85. The van der Waals surface area contributed by atoms with Crippen molar-refractivity contribution in [1.29, 1.82) is 0 Å². The summed E-state index contributed by atoms with van der Waals surface area (Å²) in [5, 5.41) is 3.23. The van der Waals surface area contributed by atoms with Gasteiger partial charge in [-0.05, 0) is 55.7 Å². The summed E-state index contributed by atoms with van der Waals surface area (Å²) in [4.78, 5) is 12.7. The van der Waals surface area contributed by atoms with E-state index in [1.54, 1.807) is 12.1 Å². The van der Waals surface area contributed by atoms with Crippen molar-refractivity contribution in [3.05, 3.63) is 35.6 Å². The number of hydrogen-bond acceptors (Lipinski definition) is 2. The van der Waals surface area contributed by atoms with Gasteiger partial charge >= 0.3 is 0 Å². The fraction of sp³-hybridized carbons (Fsp3) is 0.632. The molecule has 3 unspecified atom stereocenters. The molecule has 1 aromatic carbocycles. The highest BCUT2D eigenvalue weighted by Gasteiger charge is 2.31. The first-order valence-electron chi connectivity index (χ1n) is 8.95. The molecular formula is C19H28ClFN2O. The van der Waals surface area contributed by atoms with Crippen LogP contribution in [0.4, 0.5) is 4.39 Å². The van der Waals surface area contributed by atoms with E-state index in [4.69, 9.17) is 5.73 Å². The fourth-order valence-electron chi connectivity index (χ4n) is 4.20. The lowest BCUT2D eigenvalue weighted by Crippen LogP contribution is -2.41. The van der Waals surface area contributed by atoms with Crippen molar-refractivity contribution >= 4 is 18.3 Å². The summed E-state index contributed by atoms with van der Waals surface area (Å²) in [6.45, 7) is 0. The largest absolute Gasteiger partial charge is 0.349 e. The van der Waals surface area contributed by atoms with Gasteiger partial charge in [-0.15, -0.1) is 12.4 Å². The second kappa shape index (κ2) is 8.82. The van der Waals surface area contributed by atoms with E-state index in [9.17, 15) is 9.18 Å². The van der Waals surface area contributed by atoms with Crippen LogP contribution in [0.5, 0.6) is 0 Å². The van der Waals surface area contributed by atoms with Gasteiger partial charge in [0.25, 0.3) is 0 Å². The number of rotatable bonds is 4. The normalized spacial score (nSPS) is 25.8. The minimum absolute atomic E-state index is 0. The average molecular weight is 355 g/mol. The molecule has 2 saturated carbocycles. The smallest absolute Gasteiger partial charge is 0.223 e. The summed E-state index contributed by atoms with van der Waals surface area (Å²) in [5.41, 5.74) is 6.91. The monoisotopic (exact) mass is 354 g/mol. The second-order valence-corrected chi connectivity index (χ2v) is 7.21. The van der Waals surface area contributed by atoms with Crippen LogP contribution in [0.3, 0.4) is 0 Å². The van der Waals surface area contributed by atoms with Crippen molar-refractivity contribution in [3.63, 3.8) is 0 Å². The fourth-order valence-corrected chi connectivity index (χ4v) is 4.20. The van der Waals surface area contributed by atoms with Crippen LogP contribution in [0.25, 0.3) is 0 Å². The van der Waals surface area contributed by atoms with Gasteiger partial charge in [-0.3, -0.25) is 4.79 Å². The number of amides is 1. The summed E-state index contributed by atoms with van der Waals surface area (Å²) in [7, 11) is 0. The molecule has 2 aliphatic carbocycles. The molecule has 0 aromatic heterocycles. The molecular weight excluding hydrogens is 327 g/mol. The lowest BCUT2D eigenvalue weighted by Gasteiger charge is -2.30. The first-order valence-corrected chi connectivity index (χ1v) is 8.95. The van der Waals surface area contributed by atoms with E-state index < -0.39 is 0 Å². The van der Waals surface area contributed by atoms with Gasteiger partial charge in [0.15, 0.2) is 0 Å². The van der Waals surface area contributed by atoms with Crippen LogP contribution in [-0.4, -0.2) is 11.9 Å². The van der Waals surface area contributed by atoms with Crippen LogP contribution in [0.15, 0.2) is 24.3 Å². The number of nitrogens with two attached hydrogens (primary N) is 1. The molecule has 24 heavy (non-hydrogen) atoms. The molecule has 0 heterocycles. The third kappa shape index (κ3) is 4.70. The Morgan fingerprint density at radius 3 is 2.58 bits per heavy atom. The predicted octanol–water partition coefficient (Wildman–Crippen LogP) is 4.11. The summed E-state index contributed by atoms with van der Waals surface area (Å²) < 4.78 is 13.6. The Hall–Kier alpha value is -1.13. The van der Waals surface area contributed by atoms with Gasteiger partial charge in [0, 0.05) is 12.0 Å². The maximum absolute atomic E-state index is 13.6. The minimum Gasteiger partial charge on any atom is -0.349 e. The Labute approximate surface area is 150 Å². The molecule has 3 atom stereocenters. The molecule has 2 fully saturated rings. The number of carbonyl (C=O) groups excluding carboxylic acids is 1. The van der Waals surface area contributed by atoms with E-state index in [2.05, 4.69) is 5.32 Å². The molecule has 3 nitrogen and oxygen atoms in total. The molecule has 0 bridgehead atoms. The maximum Gasteiger partial charge on any atom is 0.223 e. The lowest BCUT2D eigenvalue weighted by molar-refractivity contribution is -0.127. The molecule has 3 rings (SSSR count). The van der Waals surface area contributed by atoms with Gasteiger partial charge in [0.2, 0.25) is 5.91 Å². The number of nitrogens with one attached hydrogen (secondary N) is 1. The molecule has 1 aromatic rings. The Morgan fingerprint density at radius 2 is 1.92 bits per heavy atom. The second-order valence-electron chi connectivity index (χ2n) is 7.21. The molecule has 3 N–H and O–H groups in total. The first kappa shape index (κ1) is 19.2. The van der Waals surface area contributed by atoms with Crippen LogP contribution in [0, 0.1) is 17.7 Å². The van der Waals surface area contributed by atoms with E-state index >= 15 is 0 Å². The Kier molecular flexibility index (Phi) is 7.05. The van der Waals surface area contributed by atoms with Crippen LogP contribution in [-0.2, 0) is 4.79 Å². The summed E-state index contributed by atoms with van der Waals surface area (Å²) in [5.74, 6) is 0.287. The Balaban J connectivity index is 0.00000208. The van der Waals surface area contributed by atoms with E-state index in [-0.39, 0.29) is 42.1 Å². The average Bonchev–Trinajstić information content (AvgIpc) is 3.06. The third-order valence-electron chi connectivity index (χ3n) is 5.46. The van der Waals surface area contributed by atoms with Gasteiger partial charge in [0.1, 0.15) is 5.82 Å². The zero-order chi connectivity index (χ0) is 16.2. The van der Waals surface area contributed by atoms with Crippen molar-refractivity contribution in [2.45, 2.75) is 63.5 Å². The molecule has 0 aliphatic heterocycles. The molecule has 0 saturated heterocycles. The number of carbonyl (C=O) groups is 1. The van der Waals surface area contributed by atoms with Gasteiger partial charge in [-0.2, -0.15) is 0 Å². The molecule has 0 spiro atoms. The van der Waals surface area contributed by atoms with E-state index in [0.29, 0.717) is 5.92 Å². The Bertz CT molecular complexity index is 548. The highest BCUT2D eigenvalue weighted by Crippen LogP contribution is 2.36. The van der Waals surface area contributed by atoms with Crippen molar-refractivity contribution in [3.8, 4) is 0 Å². The topological polar surface area (TPSA) is 55.1 Å². The predicted molar refractivity (Wildman–Crippen MR) is 96.4 cm³/mol. The molecule has 2 aliphatic rings. The van der Waals surface area contributed by atoms with Crippen molar-refractivity contribution < 1.29 is 9.18 Å². The molecule has 134 valence electrons. The molecule has 0 radical (unpaired) electrons. The summed E-state index contributed by atoms with van der Waals surface area (Å²) >= 11 is 0. The van der Waals surface area contributed by atoms with Gasteiger partial charge in [-0.1, -0.05) is 31.4 Å². The van der Waals surface area contributed by atoms with Crippen molar-refractivity contribution in [2.24, 2.45) is 17.6 Å². The van der Waals surface area contributed by atoms with Crippen LogP contribution in [0.1, 0.15) is 63.0 Å². The highest BCUT2D eigenvalue weighted by atomic mass is 35.5. The van der Waals surface area contributed by atoms with Crippen LogP contribution >= 0.6 is 12.4 Å². The zero-order valence-electron chi connectivity index (χ0n) is 14.0. The first-order chi connectivity index (χ1) is 11.1. The van der Waals surface area contributed by atoms with E-state index in [1.807, 2.05) is 6.07 Å². The number of halogens is 2. The van der Waals surface area contributed by atoms with E-state index in [1.165, 1.54) is 18.9 Å². The lowest BCUT2D eigenvalue weighted by atomic mass is 9.84. The van der Waals surface area contributed by atoms with Crippen LogP contribution < -0.4 is 11.1 Å². The van der Waals surface area contributed by atoms with Gasteiger partial charge in [0.05, 0.1) is 6.04 Å². The quantitative estimate of drug-likeness (QED) is 0.854. The number of hydrogen-bond donors (Lipinski definition) is 2. The van der Waals surface area contributed by atoms with Gasteiger partial charge in [-0.25, -0.2) is 4.39 Å². The minimum atomic E-state index is -0.237. The zero-order valence-corrected chi connectivity index (χ0v) is 14.9. The summed E-state index contributed by atoms with van der Waals surface area (Å²) in [6.07, 6.45) is 8.32. The van der Waals surface area contributed by atoms with E-state index in [0.717, 1.165) is 44.1 Å². The van der Waals surface area contributed by atoms with Crippen molar-refractivity contribution in [1.82, 2.24) is 5.32 Å². The molecule has 1 amide bonds. The SMILES string of the molecule is Cl.NC1CCCC(C(=O)NC(c2cccc(F)c2)C2CCCC2)C1. The third-order valence-corrected chi connectivity index (χ3v) is 5.46. The van der Waals surface area contributed by atoms with Crippen LogP contribution in [0.2, 0.25) is 0 Å². The Morgan fingerprint density at radius 1 is 1.17 bits per heavy atom. The van der Waals surface area contributed by atoms with Gasteiger partial charge < -0.3 is 11.1 Å². The molecule has 5 heteroatoms. The standard InChI is InChI=1S/C19H27FN2O.ClH/c20-16-9-3-7-14(11-16)18(13-5-1-2-6-13)22-19(23)15-8-4-10-17(21)12-15;/h3,7,9,11,13,15,17-18H,1-2,4-6,8,10,12,21H2,(H,22,23);1H. The number of benzene rings is 1. The van der Waals surface area contributed by atoms with Crippen molar-refractivity contribution in [2.75, 3.05) is 0 Å².